The lowest BCUT2D eigenvalue weighted by Crippen LogP contribution is -1.84. The van der Waals surface area contributed by atoms with E-state index in [0.29, 0.717) is 17.7 Å². The molecular formula is C13H14N2O. The molecule has 1 aromatic heterocycles. The van der Waals surface area contributed by atoms with Crippen molar-refractivity contribution in [3.05, 3.63) is 47.2 Å². The van der Waals surface area contributed by atoms with Gasteiger partial charge >= 0.3 is 0 Å². The molecule has 2 N–H and O–H groups in total. The van der Waals surface area contributed by atoms with Crippen LogP contribution in [0.5, 0.6) is 0 Å². The molecule has 82 valence electrons. The summed E-state index contributed by atoms with van der Waals surface area (Å²) in [5, 5.41) is 3.97. The molecule has 1 aromatic carbocycles. The molecule has 3 rings (SSSR count). The van der Waals surface area contributed by atoms with Crippen molar-refractivity contribution in [3.8, 4) is 0 Å². The van der Waals surface area contributed by atoms with Crippen LogP contribution in [0.25, 0.3) is 0 Å². The number of hydrogen-bond donors (Lipinski definition) is 1. The summed E-state index contributed by atoms with van der Waals surface area (Å²) in [7, 11) is 0. The largest absolute Gasteiger partial charge is 0.368 e. The molecule has 0 bridgehead atoms. The maximum Gasteiger partial charge on any atom is 0.222 e. The van der Waals surface area contributed by atoms with E-state index in [2.05, 4.69) is 36.3 Å². The molecule has 0 radical (unpaired) electrons. The van der Waals surface area contributed by atoms with Gasteiger partial charge in [-0.15, -0.1) is 0 Å². The Morgan fingerprint density at radius 3 is 2.62 bits per heavy atom. The van der Waals surface area contributed by atoms with E-state index < -0.39 is 0 Å². The first-order valence-electron chi connectivity index (χ1n) is 5.52. The zero-order valence-electron chi connectivity index (χ0n) is 9.18. The van der Waals surface area contributed by atoms with E-state index in [0.717, 1.165) is 12.1 Å². The Kier molecular flexibility index (Phi) is 1.99. The van der Waals surface area contributed by atoms with Crippen molar-refractivity contribution in [1.82, 2.24) is 5.16 Å². The van der Waals surface area contributed by atoms with Gasteiger partial charge in [0.05, 0.1) is 5.69 Å². The summed E-state index contributed by atoms with van der Waals surface area (Å²) < 4.78 is 4.90. The highest BCUT2D eigenvalue weighted by Gasteiger charge is 2.41. The molecule has 0 unspecified atom stereocenters. The van der Waals surface area contributed by atoms with Crippen LogP contribution in [0.2, 0.25) is 0 Å². The number of nitrogens with zero attached hydrogens (tertiary/aromatic N) is 1. The number of nitrogens with two attached hydrogens (primary N) is 1. The summed E-state index contributed by atoms with van der Waals surface area (Å²) in [6.07, 6.45) is 1.15. The van der Waals surface area contributed by atoms with Crippen LogP contribution < -0.4 is 5.73 Å². The van der Waals surface area contributed by atoms with Gasteiger partial charge in [0.1, 0.15) is 0 Å². The second-order valence-electron chi connectivity index (χ2n) is 4.51. The Morgan fingerprint density at radius 2 is 2.00 bits per heavy atom. The Labute approximate surface area is 94.2 Å². The number of rotatable bonds is 2. The first-order chi connectivity index (χ1) is 7.74. The van der Waals surface area contributed by atoms with Gasteiger partial charge < -0.3 is 10.3 Å². The highest BCUT2D eigenvalue weighted by molar-refractivity contribution is 5.37. The van der Waals surface area contributed by atoms with Crippen molar-refractivity contribution in [1.29, 1.82) is 0 Å². The third-order valence-electron chi connectivity index (χ3n) is 3.22. The van der Waals surface area contributed by atoms with Crippen LogP contribution in [0, 0.1) is 6.92 Å². The maximum atomic E-state index is 5.52. The molecule has 2 aromatic rings. The monoisotopic (exact) mass is 214 g/mol. The van der Waals surface area contributed by atoms with Gasteiger partial charge in [0, 0.05) is 12.0 Å². The van der Waals surface area contributed by atoms with E-state index in [9.17, 15) is 0 Å². The van der Waals surface area contributed by atoms with Gasteiger partial charge in [-0.1, -0.05) is 35.0 Å². The molecule has 1 aliphatic rings. The van der Waals surface area contributed by atoms with Crippen molar-refractivity contribution in [2.45, 2.75) is 25.2 Å². The van der Waals surface area contributed by atoms with Crippen LogP contribution in [0.1, 0.15) is 35.1 Å². The summed E-state index contributed by atoms with van der Waals surface area (Å²) in [6, 6.07) is 10.5. The quantitative estimate of drug-likeness (QED) is 0.836. The average Bonchev–Trinajstić information content (AvgIpc) is 2.96. The molecule has 1 fully saturated rings. The highest BCUT2D eigenvalue weighted by atomic mass is 16.5. The summed E-state index contributed by atoms with van der Waals surface area (Å²) in [5.41, 5.74) is 9.19. The van der Waals surface area contributed by atoms with Crippen LogP contribution >= 0.6 is 0 Å². The summed E-state index contributed by atoms with van der Waals surface area (Å²) >= 11 is 0. The zero-order valence-corrected chi connectivity index (χ0v) is 9.18. The smallest absolute Gasteiger partial charge is 0.222 e. The van der Waals surface area contributed by atoms with Crippen molar-refractivity contribution in [2.24, 2.45) is 0 Å². The van der Waals surface area contributed by atoms with E-state index in [1.54, 1.807) is 0 Å². The van der Waals surface area contributed by atoms with Crippen molar-refractivity contribution in [2.75, 3.05) is 5.73 Å². The summed E-state index contributed by atoms with van der Waals surface area (Å²) in [4.78, 5) is 0. The van der Waals surface area contributed by atoms with Gasteiger partial charge in [-0.25, -0.2) is 0 Å². The lowest BCUT2D eigenvalue weighted by molar-refractivity contribution is 0.427. The number of aromatic nitrogens is 1. The minimum atomic E-state index is 0.407. The molecule has 0 saturated heterocycles. The number of aryl methyl sites for hydroxylation is 1. The highest BCUT2D eigenvalue weighted by Crippen LogP contribution is 2.54. The number of benzene rings is 1. The number of hydrogen-bond acceptors (Lipinski definition) is 3. The molecule has 0 spiro atoms. The van der Waals surface area contributed by atoms with Crippen LogP contribution in [0.4, 0.5) is 5.88 Å². The molecule has 0 amide bonds. The average molecular weight is 214 g/mol. The van der Waals surface area contributed by atoms with Gasteiger partial charge in [0.15, 0.2) is 0 Å². The molecule has 1 saturated carbocycles. The van der Waals surface area contributed by atoms with Crippen molar-refractivity contribution in [3.63, 3.8) is 0 Å². The lowest BCUT2D eigenvalue weighted by Gasteiger charge is -1.99. The minimum absolute atomic E-state index is 0.407. The second-order valence-corrected chi connectivity index (χ2v) is 4.51. The topological polar surface area (TPSA) is 52.0 Å². The predicted molar refractivity (Wildman–Crippen MR) is 62.2 cm³/mol. The molecule has 1 heterocycles. The summed E-state index contributed by atoms with van der Waals surface area (Å²) in [6.45, 7) is 2.10. The third kappa shape index (κ3) is 1.58. The second kappa shape index (κ2) is 3.37. The van der Waals surface area contributed by atoms with Crippen LogP contribution in [-0.4, -0.2) is 5.16 Å². The van der Waals surface area contributed by atoms with Gasteiger partial charge in [-0.05, 0) is 24.8 Å². The van der Waals surface area contributed by atoms with E-state index in [1.807, 2.05) is 6.07 Å². The zero-order chi connectivity index (χ0) is 11.1. The molecule has 3 nitrogen and oxygen atoms in total. The van der Waals surface area contributed by atoms with Crippen LogP contribution in [-0.2, 0) is 0 Å². The SMILES string of the molecule is Cc1ccc([C@@H]2C[C@H]2c2cc(N)on2)cc1. The van der Waals surface area contributed by atoms with Gasteiger partial charge in [0.2, 0.25) is 5.88 Å². The van der Waals surface area contributed by atoms with Gasteiger partial charge in [-0.3, -0.25) is 0 Å². The van der Waals surface area contributed by atoms with E-state index in [1.165, 1.54) is 11.1 Å². The number of anilines is 1. The first kappa shape index (κ1) is 9.46. The van der Waals surface area contributed by atoms with Crippen molar-refractivity contribution < 1.29 is 4.52 Å². The van der Waals surface area contributed by atoms with E-state index in [4.69, 9.17) is 10.3 Å². The Morgan fingerprint density at radius 1 is 1.25 bits per heavy atom. The molecule has 3 heteroatoms. The lowest BCUT2D eigenvalue weighted by atomic mass is 10.1. The van der Waals surface area contributed by atoms with E-state index in [-0.39, 0.29) is 0 Å². The molecule has 1 aliphatic carbocycles. The number of nitrogen functional groups attached to an aromatic ring is 1. The van der Waals surface area contributed by atoms with Gasteiger partial charge in [-0.2, -0.15) is 0 Å². The molecule has 2 atom stereocenters. The summed E-state index contributed by atoms with van der Waals surface area (Å²) in [5.74, 6) is 1.48. The fourth-order valence-electron chi connectivity index (χ4n) is 2.18. The molecule has 0 aliphatic heterocycles. The fourth-order valence-corrected chi connectivity index (χ4v) is 2.18. The maximum absolute atomic E-state index is 5.52. The standard InChI is InChI=1S/C13H14N2O/c1-8-2-4-9(5-3-8)10-6-11(10)12-7-13(14)16-15-12/h2-5,7,10-11H,6,14H2,1H3/t10-,11+/m0/s1. The molecule has 16 heavy (non-hydrogen) atoms. The Balaban J connectivity index is 1.79. The van der Waals surface area contributed by atoms with Crippen LogP contribution in [0.3, 0.4) is 0 Å². The minimum Gasteiger partial charge on any atom is -0.368 e. The van der Waals surface area contributed by atoms with Crippen LogP contribution in [0.15, 0.2) is 34.9 Å². The van der Waals surface area contributed by atoms with E-state index >= 15 is 0 Å². The molecular weight excluding hydrogens is 200 g/mol. The first-order valence-corrected chi connectivity index (χ1v) is 5.52. The predicted octanol–water partition coefficient (Wildman–Crippen LogP) is 2.84. The Hall–Kier alpha value is -1.77. The van der Waals surface area contributed by atoms with Crippen molar-refractivity contribution >= 4 is 5.88 Å². The Bertz CT molecular complexity index is 501. The normalized spacial score (nSPS) is 23.3. The van der Waals surface area contributed by atoms with Gasteiger partial charge in [0.25, 0.3) is 0 Å². The third-order valence-corrected chi connectivity index (χ3v) is 3.22. The fraction of sp³-hybridized carbons (Fsp3) is 0.308.